The van der Waals surface area contributed by atoms with Gasteiger partial charge in [0.2, 0.25) is 0 Å². The molecule has 0 aromatic heterocycles. The second-order valence-corrected chi connectivity index (χ2v) is 5.29. The van der Waals surface area contributed by atoms with Crippen molar-refractivity contribution in [1.29, 1.82) is 0 Å². The Morgan fingerprint density at radius 2 is 1.94 bits per heavy atom. The Hall–Kier alpha value is -0.900. The van der Waals surface area contributed by atoms with E-state index < -0.39 is 0 Å². The number of benzene rings is 2. The standard InChI is InChI=1S/C14H12BrClFN/c15-12-3-1-2-10(6-12)8-18-9-11-4-5-13(17)7-14(11)16/h1-7,18H,8-9H2. The van der Waals surface area contributed by atoms with Gasteiger partial charge in [0.25, 0.3) is 0 Å². The molecule has 0 amide bonds. The van der Waals surface area contributed by atoms with E-state index in [0.29, 0.717) is 11.6 Å². The highest BCUT2D eigenvalue weighted by molar-refractivity contribution is 9.10. The zero-order valence-electron chi connectivity index (χ0n) is 9.59. The van der Waals surface area contributed by atoms with Gasteiger partial charge in [-0.15, -0.1) is 0 Å². The molecule has 0 aliphatic carbocycles. The summed E-state index contributed by atoms with van der Waals surface area (Å²) in [7, 11) is 0. The molecule has 1 N–H and O–H groups in total. The Balaban J connectivity index is 1.92. The van der Waals surface area contributed by atoms with Crippen LogP contribution >= 0.6 is 27.5 Å². The van der Waals surface area contributed by atoms with Gasteiger partial charge in [-0.1, -0.05) is 45.7 Å². The van der Waals surface area contributed by atoms with Crippen LogP contribution in [0.15, 0.2) is 46.9 Å². The topological polar surface area (TPSA) is 12.0 Å². The smallest absolute Gasteiger partial charge is 0.124 e. The third-order valence-corrected chi connectivity index (χ3v) is 3.39. The predicted molar refractivity (Wildman–Crippen MR) is 76.1 cm³/mol. The molecule has 0 spiro atoms. The molecule has 2 rings (SSSR count). The number of rotatable bonds is 4. The fraction of sp³-hybridized carbons (Fsp3) is 0.143. The minimum Gasteiger partial charge on any atom is -0.309 e. The summed E-state index contributed by atoms with van der Waals surface area (Å²) in [4.78, 5) is 0. The molecule has 2 aromatic carbocycles. The summed E-state index contributed by atoms with van der Waals surface area (Å²) in [6, 6.07) is 12.5. The summed E-state index contributed by atoms with van der Waals surface area (Å²) in [5.41, 5.74) is 2.08. The second kappa shape index (κ2) is 6.32. The lowest BCUT2D eigenvalue weighted by atomic mass is 10.2. The molecule has 94 valence electrons. The summed E-state index contributed by atoms with van der Waals surface area (Å²) >= 11 is 9.38. The van der Waals surface area contributed by atoms with Crippen LogP contribution in [0.3, 0.4) is 0 Å². The van der Waals surface area contributed by atoms with Crippen molar-refractivity contribution in [3.63, 3.8) is 0 Å². The van der Waals surface area contributed by atoms with E-state index in [1.807, 2.05) is 18.2 Å². The molecule has 4 heteroatoms. The maximum absolute atomic E-state index is 12.9. The SMILES string of the molecule is Fc1ccc(CNCc2cccc(Br)c2)c(Cl)c1. The molecule has 2 aromatic rings. The van der Waals surface area contributed by atoms with Crippen molar-refractivity contribution >= 4 is 27.5 Å². The van der Waals surface area contributed by atoms with Crippen molar-refractivity contribution in [1.82, 2.24) is 5.32 Å². The Bertz CT molecular complexity index is 545. The zero-order valence-corrected chi connectivity index (χ0v) is 11.9. The first-order chi connectivity index (χ1) is 8.65. The first kappa shape index (κ1) is 13.5. The fourth-order valence-corrected chi connectivity index (χ4v) is 2.33. The van der Waals surface area contributed by atoms with E-state index in [9.17, 15) is 4.39 Å². The molecular weight excluding hydrogens is 317 g/mol. The minimum absolute atomic E-state index is 0.310. The van der Waals surface area contributed by atoms with Crippen LogP contribution in [0.1, 0.15) is 11.1 Å². The molecule has 18 heavy (non-hydrogen) atoms. The monoisotopic (exact) mass is 327 g/mol. The van der Waals surface area contributed by atoms with Gasteiger partial charge in [0.1, 0.15) is 5.82 Å². The highest BCUT2D eigenvalue weighted by Crippen LogP contribution is 2.17. The first-order valence-electron chi connectivity index (χ1n) is 5.54. The number of hydrogen-bond acceptors (Lipinski definition) is 1. The molecule has 0 aliphatic rings. The Kier molecular flexibility index (Phi) is 4.75. The lowest BCUT2D eigenvalue weighted by Gasteiger charge is -2.07. The molecule has 0 radical (unpaired) electrons. The van der Waals surface area contributed by atoms with Crippen LogP contribution in [0.2, 0.25) is 5.02 Å². The molecule has 0 saturated carbocycles. The fourth-order valence-electron chi connectivity index (χ4n) is 1.65. The van der Waals surface area contributed by atoms with Gasteiger partial charge in [0, 0.05) is 22.6 Å². The van der Waals surface area contributed by atoms with Crippen LogP contribution in [0, 0.1) is 5.82 Å². The minimum atomic E-state index is -0.310. The van der Waals surface area contributed by atoms with Crippen molar-refractivity contribution in [2.45, 2.75) is 13.1 Å². The van der Waals surface area contributed by atoms with Gasteiger partial charge < -0.3 is 5.32 Å². The molecule has 0 saturated heterocycles. The van der Waals surface area contributed by atoms with Crippen molar-refractivity contribution in [3.8, 4) is 0 Å². The third-order valence-electron chi connectivity index (χ3n) is 2.55. The molecule has 0 heterocycles. The molecule has 0 fully saturated rings. The third kappa shape index (κ3) is 3.80. The average Bonchev–Trinajstić information content (AvgIpc) is 2.32. The van der Waals surface area contributed by atoms with Crippen LogP contribution in [-0.4, -0.2) is 0 Å². The van der Waals surface area contributed by atoms with E-state index >= 15 is 0 Å². The largest absolute Gasteiger partial charge is 0.309 e. The van der Waals surface area contributed by atoms with Crippen molar-refractivity contribution < 1.29 is 4.39 Å². The van der Waals surface area contributed by atoms with Gasteiger partial charge in [-0.3, -0.25) is 0 Å². The van der Waals surface area contributed by atoms with E-state index in [1.165, 1.54) is 17.7 Å². The van der Waals surface area contributed by atoms with Crippen molar-refractivity contribution in [3.05, 3.63) is 68.9 Å². The summed E-state index contributed by atoms with van der Waals surface area (Å²) in [6.07, 6.45) is 0. The Labute approximate surface area is 119 Å². The van der Waals surface area contributed by atoms with E-state index in [2.05, 4.69) is 27.3 Å². The molecule has 0 atom stereocenters. The summed E-state index contributed by atoms with van der Waals surface area (Å²) < 4.78 is 13.9. The quantitative estimate of drug-likeness (QED) is 0.869. The summed E-state index contributed by atoms with van der Waals surface area (Å²) in [5, 5.41) is 3.73. The molecule has 1 nitrogen and oxygen atoms in total. The number of hydrogen-bond donors (Lipinski definition) is 1. The van der Waals surface area contributed by atoms with E-state index in [4.69, 9.17) is 11.6 Å². The molecule has 0 bridgehead atoms. The van der Waals surface area contributed by atoms with Gasteiger partial charge in [0.05, 0.1) is 0 Å². The highest BCUT2D eigenvalue weighted by atomic mass is 79.9. The zero-order chi connectivity index (χ0) is 13.0. The molecule has 0 unspecified atom stereocenters. The number of halogens is 3. The lowest BCUT2D eigenvalue weighted by molar-refractivity contribution is 0.625. The van der Waals surface area contributed by atoms with Crippen LogP contribution < -0.4 is 5.32 Å². The maximum Gasteiger partial charge on any atom is 0.124 e. The van der Waals surface area contributed by atoms with Crippen LogP contribution in [0.5, 0.6) is 0 Å². The van der Waals surface area contributed by atoms with Gasteiger partial charge >= 0.3 is 0 Å². The van der Waals surface area contributed by atoms with Crippen molar-refractivity contribution in [2.24, 2.45) is 0 Å². The maximum atomic E-state index is 12.9. The Morgan fingerprint density at radius 1 is 1.11 bits per heavy atom. The van der Waals surface area contributed by atoms with E-state index in [1.54, 1.807) is 6.07 Å². The van der Waals surface area contributed by atoms with Gasteiger partial charge in [-0.2, -0.15) is 0 Å². The van der Waals surface area contributed by atoms with Crippen LogP contribution in [-0.2, 0) is 13.1 Å². The molecule has 0 aliphatic heterocycles. The van der Waals surface area contributed by atoms with Gasteiger partial charge in [-0.05, 0) is 35.4 Å². The Morgan fingerprint density at radius 3 is 2.67 bits per heavy atom. The van der Waals surface area contributed by atoms with E-state index in [0.717, 1.165) is 16.6 Å². The summed E-state index contributed by atoms with van der Waals surface area (Å²) in [5.74, 6) is -0.310. The summed E-state index contributed by atoms with van der Waals surface area (Å²) in [6.45, 7) is 1.36. The van der Waals surface area contributed by atoms with Crippen LogP contribution in [0.25, 0.3) is 0 Å². The average molecular weight is 329 g/mol. The van der Waals surface area contributed by atoms with Gasteiger partial charge in [-0.25, -0.2) is 4.39 Å². The normalized spacial score (nSPS) is 10.6. The predicted octanol–water partition coefficient (Wildman–Crippen LogP) is 4.53. The second-order valence-electron chi connectivity index (χ2n) is 3.97. The van der Waals surface area contributed by atoms with E-state index in [-0.39, 0.29) is 5.82 Å². The van der Waals surface area contributed by atoms with Crippen LogP contribution in [0.4, 0.5) is 4.39 Å². The van der Waals surface area contributed by atoms with Crippen molar-refractivity contribution in [2.75, 3.05) is 0 Å². The van der Waals surface area contributed by atoms with Gasteiger partial charge in [0.15, 0.2) is 0 Å². The highest BCUT2D eigenvalue weighted by Gasteiger charge is 2.01. The lowest BCUT2D eigenvalue weighted by Crippen LogP contribution is -2.13. The number of nitrogens with one attached hydrogen (secondary N) is 1. The first-order valence-corrected chi connectivity index (χ1v) is 6.71. The molecular formula is C14H12BrClFN.